The van der Waals surface area contributed by atoms with Crippen molar-refractivity contribution in [3.63, 3.8) is 0 Å². The summed E-state index contributed by atoms with van der Waals surface area (Å²) < 4.78 is 6.12. The zero-order valence-electron chi connectivity index (χ0n) is 19.9. The molecule has 2 aliphatic heterocycles. The molecule has 0 aromatic heterocycles. The summed E-state index contributed by atoms with van der Waals surface area (Å²) >= 11 is 0. The van der Waals surface area contributed by atoms with Crippen LogP contribution in [0.5, 0.6) is 0 Å². The number of carbonyl (C=O) groups is 1. The molecule has 2 aliphatic rings. The number of hydrogen-bond acceptors (Lipinski definition) is 4. The van der Waals surface area contributed by atoms with Crippen molar-refractivity contribution >= 4 is 35.8 Å². The monoisotopic (exact) mass is 537 g/mol. The number of likely N-dealkylation sites (N-methyl/N-ethyl adjacent to an activating group) is 2. The third kappa shape index (κ3) is 8.49. The first-order valence-corrected chi connectivity index (χ1v) is 11.3. The maximum Gasteiger partial charge on any atom is 0.243 e. The quantitative estimate of drug-likeness (QED) is 0.297. The van der Waals surface area contributed by atoms with E-state index in [0.29, 0.717) is 12.0 Å². The molecule has 0 radical (unpaired) electrons. The van der Waals surface area contributed by atoms with Gasteiger partial charge in [0.1, 0.15) is 6.54 Å². The molecule has 0 aromatic rings. The van der Waals surface area contributed by atoms with Crippen molar-refractivity contribution in [2.75, 3.05) is 53.4 Å². The van der Waals surface area contributed by atoms with E-state index in [4.69, 9.17) is 4.74 Å². The molecular weight excluding hydrogens is 493 g/mol. The van der Waals surface area contributed by atoms with Crippen LogP contribution in [0.3, 0.4) is 0 Å². The third-order valence-corrected chi connectivity index (χ3v) is 6.11. The fraction of sp³-hybridized carbons (Fsp3) is 0.909. The minimum atomic E-state index is 0. The number of aliphatic imine (C=N–C) groups is 1. The van der Waals surface area contributed by atoms with Crippen LogP contribution < -0.4 is 10.6 Å². The minimum Gasteiger partial charge on any atom is -0.377 e. The van der Waals surface area contributed by atoms with E-state index in [0.717, 1.165) is 45.0 Å². The molecule has 0 aliphatic carbocycles. The second-order valence-corrected chi connectivity index (χ2v) is 9.70. The molecule has 2 N–H and O–H groups in total. The molecule has 0 bridgehead atoms. The van der Waals surface area contributed by atoms with Gasteiger partial charge in [0.05, 0.1) is 6.10 Å². The van der Waals surface area contributed by atoms with Crippen molar-refractivity contribution in [1.29, 1.82) is 0 Å². The summed E-state index contributed by atoms with van der Waals surface area (Å²) in [6.07, 6.45) is 4.97. The standard InChI is InChI=1S/C22H43N5O2.HI/c1-7-27-12-8-11-18(27)15-24-21(25-16-19(28)26(5)6)23-14-17-10-9-13-29-20(17)22(2,3)4;/h17-18,20H,7-16H2,1-6H3,(H2,23,24,25);1H. The first-order chi connectivity index (χ1) is 13.7. The van der Waals surface area contributed by atoms with E-state index in [1.807, 2.05) is 0 Å². The average molecular weight is 538 g/mol. The molecule has 30 heavy (non-hydrogen) atoms. The van der Waals surface area contributed by atoms with Crippen LogP contribution in [0, 0.1) is 11.3 Å². The van der Waals surface area contributed by atoms with Crippen molar-refractivity contribution in [2.24, 2.45) is 16.3 Å². The largest absolute Gasteiger partial charge is 0.377 e. The molecule has 1 amide bonds. The number of nitrogens with zero attached hydrogens (tertiary/aromatic N) is 3. The van der Waals surface area contributed by atoms with Crippen LogP contribution in [0.15, 0.2) is 4.99 Å². The smallest absolute Gasteiger partial charge is 0.243 e. The van der Waals surface area contributed by atoms with Crippen molar-refractivity contribution in [3.05, 3.63) is 0 Å². The summed E-state index contributed by atoms with van der Waals surface area (Å²) in [4.78, 5) is 20.7. The van der Waals surface area contributed by atoms with Gasteiger partial charge in [0, 0.05) is 45.8 Å². The number of hydrogen-bond donors (Lipinski definition) is 2. The van der Waals surface area contributed by atoms with Gasteiger partial charge in [-0.3, -0.25) is 9.69 Å². The fourth-order valence-electron chi connectivity index (χ4n) is 4.46. The van der Waals surface area contributed by atoms with Crippen molar-refractivity contribution < 1.29 is 9.53 Å². The second-order valence-electron chi connectivity index (χ2n) is 9.70. The summed E-state index contributed by atoms with van der Waals surface area (Å²) in [6, 6.07) is 0.539. The number of guanidine groups is 1. The SMILES string of the molecule is CCN1CCCC1CNC(=NCC(=O)N(C)C)NCC1CCCOC1C(C)(C)C.I. The Hall–Kier alpha value is -0.610. The number of likely N-dealkylation sites (tertiary alicyclic amines) is 1. The molecule has 7 nitrogen and oxygen atoms in total. The van der Waals surface area contributed by atoms with Gasteiger partial charge < -0.3 is 20.3 Å². The molecule has 8 heteroatoms. The Morgan fingerprint density at radius 2 is 1.87 bits per heavy atom. The van der Waals surface area contributed by atoms with Crippen LogP contribution >= 0.6 is 24.0 Å². The van der Waals surface area contributed by atoms with Gasteiger partial charge in [-0.05, 0) is 44.2 Å². The van der Waals surface area contributed by atoms with E-state index in [2.05, 4.69) is 48.2 Å². The molecule has 0 saturated carbocycles. The maximum atomic E-state index is 12.0. The van der Waals surface area contributed by atoms with E-state index in [-0.39, 0.29) is 47.9 Å². The second kappa shape index (κ2) is 13.1. The molecular formula is C22H44IN5O2. The van der Waals surface area contributed by atoms with E-state index >= 15 is 0 Å². The predicted molar refractivity (Wildman–Crippen MR) is 135 cm³/mol. The Balaban J connectivity index is 0.00000450. The van der Waals surface area contributed by atoms with Crippen molar-refractivity contribution in [3.8, 4) is 0 Å². The summed E-state index contributed by atoms with van der Waals surface area (Å²) in [7, 11) is 3.53. The highest BCUT2D eigenvalue weighted by atomic mass is 127. The van der Waals surface area contributed by atoms with Gasteiger partial charge in [-0.25, -0.2) is 4.99 Å². The number of amides is 1. The molecule has 3 atom stereocenters. The highest BCUT2D eigenvalue weighted by molar-refractivity contribution is 14.0. The van der Waals surface area contributed by atoms with Crippen molar-refractivity contribution in [2.45, 2.75) is 65.5 Å². The molecule has 0 aromatic carbocycles. The van der Waals surface area contributed by atoms with E-state index in [9.17, 15) is 4.79 Å². The Kier molecular flexibility index (Phi) is 11.9. The van der Waals surface area contributed by atoms with Gasteiger partial charge in [-0.15, -0.1) is 24.0 Å². The lowest BCUT2D eigenvalue weighted by Crippen LogP contribution is -2.49. The van der Waals surface area contributed by atoms with E-state index < -0.39 is 0 Å². The lowest BCUT2D eigenvalue weighted by Gasteiger charge is -2.40. The predicted octanol–water partition coefficient (Wildman–Crippen LogP) is 2.55. The average Bonchev–Trinajstić information content (AvgIpc) is 3.14. The highest BCUT2D eigenvalue weighted by Crippen LogP contribution is 2.33. The molecule has 3 unspecified atom stereocenters. The lowest BCUT2D eigenvalue weighted by molar-refractivity contribution is -0.127. The van der Waals surface area contributed by atoms with Gasteiger partial charge in [-0.2, -0.15) is 0 Å². The third-order valence-electron chi connectivity index (χ3n) is 6.11. The maximum absolute atomic E-state index is 12.0. The molecule has 176 valence electrons. The van der Waals surface area contributed by atoms with E-state index in [1.54, 1.807) is 19.0 Å². The van der Waals surface area contributed by atoms with Crippen LogP contribution in [-0.4, -0.2) is 87.2 Å². The number of ether oxygens (including phenoxy) is 1. The number of rotatable bonds is 7. The summed E-state index contributed by atoms with van der Waals surface area (Å²) in [5.74, 6) is 1.19. The summed E-state index contributed by atoms with van der Waals surface area (Å²) in [5.41, 5.74) is 0.115. The topological polar surface area (TPSA) is 69.2 Å². The Labute approximate surface area is 200 Å². The molecule has 2 rings (SSSR count). The summed E-state index contributed by atoms with van der Waals surface area (Å²) in [5, 5.41) is 7.01. The Morgan fingerprint density at radius 3 is 2.50 bits per heavy atom. The minimum absolute atomic E-state index is 0. The zero-order chi connectivity index (χ0) is 21.4. The van der Waals surface area contributed by atoms with Crippen LogP contribution in [0.2, 0.25) is 0 Å². The number of carbonyl (C=O) groups excluding carboxylic acids is 1. The number of halogens is 1. The molecule has 2 saturated heterocycles. The normalized spacial score (nSPS) is 25.5. The van der Waals surface area contributed by atoms with Crippen LogP contribution in [-0.2, 0) is 9.53 Å². The fourth-order valence-corrected chi connectivity index (χ4v) is 4.46. The first kappa shape index (κ1) is 27.4. The van der Waals surface area contributed by atoms with Gasteiger partial charge in [0.15, 0.2) is 5.96 Å². The van der Waals surface area contributed by atoms with E-state index in [1.165, 1.54) is 19.4 Å². The number of nitrogens with one attached hydrogen (secondary N) is 2. The summed E-state index contributed by atoms with van der Waals surface area (Å²) in [6.45, 7) is 13.9. The van der Waals surface area contributed by atoms with Gasteiger partial charge >= 0.3 is 0 Å². The highest BCUT2D eigenvalue weighted by Gasteiger charge is 2.35. The Bertz CT molecular complexity index is 550. The molecule has 2 fully saturated rings. The molecule has 0 spiro atoms. The van der Waals surface area contributed by atoms with Crippen LogP contribution in [0.25, 0.3) is 0 Å². The van der Waals surface area contributed by atoms with Gasteiger partial charge in [0.25, 0.3) is 0 Å². The lowest BCUT2D eigenvalue weighted by atomic mass is 9.78. The van der Waals surface area contributed by atoms with Crippen LogP contribution in [0.4, 0.5) is 0 Å². The van der Waals surface area contributed by atoms with Gasteiger partial charge in [0.2, 0.25) is 5.91 Å². The van der Waals surface area contributed by atoms with Gasteiger partial charge in [-0.1, -0.05) is 27.7 Å². The zero-order valence-corrected chi connectivity index (χ0v) is 22.2. The Morgan fingerprint density at radius 1 is 1.17 bits per heavy atom. The molecule has 2 heterocycles. The first-order valence-electron chi connectivity index (χ1n) is 11.3. The van der Waals surface area contributed by atoms with Crippen molar-refractivity contribution in [1.82, 2.24) is 20.4 Å². The van der Waals surface area contributed by atoms with Crippen LogP contribution in [0.1, 0.15) is 53.4 Å².